The van der Waals surface area contributed by atoms with Crippen molar-refractivity contribution in [2.75, 3.05) is 0 Å². The zero-order valence-electron chi connectivity index (χ0n) is 8.58. The molecule has 4 nitrogen and oxygen atoms in total. The molecule has 0 aromatic heterocycles. The van der Waals surface area contributed by atoms with Crippen molar-refractivity contribution in [3.05, 3.63) is 0 Å². The van der Waals surface area contributed by atoms with Crippen molar-refractivity contribution in [1.82, 2.24) is 0 Å². The summed E-state index contributed by atoms with van der Waals surface area (Å²) in [5.41, 5.74) is -0.822. The van der Waals surface area contributed by atoms with Gasteiger partial charge in [-0.15, -0.1) is 0 Å². The molecule has 0 bridgehead atoms. The Bertz CT molecular complexity index is 241. The minimum absolute atomic E-state index is 0.0527. The normalized spacial score (nSPS) is 21.9. The number of rotatable bonds is 4. The van der Waals surface area contributed by atoms with E-state index in [1.165, 1.54) is 13.8 Å². The highest BCUT2D eigenvalue weighted by Gasteiger charge is 2.41. The van der Waals surface area contributed by atoms with Gasteiger partial charge in [-0.05, 0) is 39.5 Å². The molecule has 0 aromatic carbocycles. The van der Waals surface area contributed by atoms with E-state index in [1.54, 1.807) is 0 Å². The van der Waals surface area contributed by atoms with Crippen molar-refractivity contribution in [1.29, 1.82) is 0 Å². The monoisotopic (exact) mass is 200 g/mol. The predicted molar refractivity (Wildman–Crippen MR) is 50.1 cm³/mol. The highest BCUT2D eigenvalue weighted by Crippen LogP contribution is 2.35. The molecule has 1 atom stereocenters. The molecule has 0 radical (unpaired) electrons. The van der Waals surface area contributed by atoms with Crippen molar-refractivity contribution in [3.63, 3.8) is 0 Å². The van der Waals surface area contributed by atoms with Crippen LogP contribution in [0.5, 0.6) is 0 Å². The van der Waals surface area contributed by atoms with E-state index in [-0.39, 0.29) is 5.78 Å². The zero-order chi connectivity index (χ0) is 10.8. The lowest BCUT2D eigenvalue weighted by molar-refractivity contribution is -0.167. The van der Waals surface area contributed by atoms with Gasteiger partial charge >= 0.3 is 5.97 Å². The Balaban J connectivity index is 2.70. The number of ether oxygens (including phenoxy) is 1. The standard InChI is InChI=1S/C10H16O4/c1-7(9(12)13)14-10(8(2)11)5-3-4-6-10/h7H,3-6H2,1-2H3,(H,12,13). The van der Waals surface area contributed by atoms with Crippen LogP contribution in [0.15, 0.2) is 0 Å². The highest BCUT2D eigenvalue weighted by molar-refractivity contribution is 5.85. The Hall–Kier alpha value is -0.900. The Kier molecular flexibility index (Phi) is 3.26. The van der Waals surface area contributed by atoms with Crippen molar-refractivity contribution in [3.8, 4) is 0 Å². The summed E-state index contributed by atoms with van der Waals surface area (Å²) in [6.45, 7) is 2.94. The van der Waals surface area contributed by atoms with Gasteiger partial charge in [0.05, 0.1) is 0 Å². The van der Waals surface area contributed by atoms with Gasteiger partial charge in [0.15, 0.2) is 11.9 Å². The molecule has 1 aliphatic rings. The molecule has 1 fully saturated rings. The summed E-state index contributed by atoms with van der Waals surface area (Å²) in [4.78, 5) is 22.0. The summed E-state index contributed by atoms with van der Waals surface area (Å²) in [6, 6.07) is 0. The fraction of sp³-hybridized carbons (Fsp3) is 0.800. The molecule has 1 aliphatic carbocycles. The number of carboxylic acids is 1. The van der Waals surface area contributed by atoms with Gasteiger partial charge in [-0.2, -0.15) is 0 Å². The molecule has 0 heterocycles. The molecule has 0 saturated heterocycles. The van der Waals surface area contributed by atoms with Gasteiger partial charge in [0.1, 0.15) is 5.60 Å². The van der Waals surface area contributed by atoms with Crippen LogP contribution in [-0.2, 0) is 14.3 Å². The van der Waals surface area contributed by atoms with Crippen LogP contribution in [-0.4, -0.2) is 28.6 Å². The second kappa shape index (κ2) is 4.09. The van der Waals surface area contributed by atoms with Crippen LogP contribution in [0.1, 0.15) is 39.5 Å². The Morgan fingerprint density at radius 1 is 1.36 bits per heavy atom. The van der Waals surface area contributed by atoms with E-state index in [4.69, 9.17) is 9.84 Å². The molecule has 1 N–H and O–H groups in total. The van der Waals surface area contributed by atoms with E-state index < -0.39 is 17.7 Å². The van der Waals surface area contributed by atoms with Crippen molar-refractivity contribution in [2.24, 2.45) is 0 Å². The summed E-state index contributed by atoms with van der Waals surface area (Å²) in [6.07, 6.45) is 2.27. The first-order valence-corrected chi connectivity index (χ1v) is 4.89. The van der Waals surface area contributed by atoms with Crippen molar-refractivity contribution < 1.29 is 19.4 Å². The van der Waals surface area contributed by atoms with Crippen LogP contribution in [0.3, 0.4) is 0 Å². The van der Waals surface area contributed by atoms with E-state index in [2.05, 4.69) is 0 Å². The van der Waals surface area contributed by atoms with E-state index in [0.717, 1.165) is 12.8 Å². The summed E-state index contributed by atoms with van der Waals surface area (Å²) < 4.78 is 5.37. The number of Topliss-reactive ketones (excluding diaryl/α,β-unsaturated/α-hetero) is 1. The topological polar surface area (TPSA) is 63.6 Å². The van der Waals surface area contributed by atoms with Crippen molar-refractivity contribution in [2.45, 2.75) is 51.2 Å². The summed E-state index contributed by atoms with van der Waals surface area (Å²) in [5, 5.41) is 8.70. The first kappa shape index (κ1) is 11.2. The number of hydrogen-bond donors (Lipinski definition) is 1. The predicted octanol–water partition coefficient (Wildman–Crippen LogP) is 1.38. The third kappa shape index (κ3) is 2.12. The maximum atomic E-state index is 11.4. The average Bonchev–Trinajstić information content (AvgIpc) is 2.53. The van der Waals surface area contributed by atoms with E-state index in [9.17, 15) is 9.59 Å². The summed E-state index contributed by atoms with van der Waals surface area (Å²) in [5.74, 6) is -1.07. The van der Waals surface area contributed by atoms with Crippen LogP contribution in [0.25, 0.3) is 0 Å². The number of carbonyl (C=O) groups is 2. The Labute approximate surface area is 83.2 Å². The quantitative estimate of drug-likeness (QED) is 0.744. The second-order valence-corrected chi connectivity index (χ2v) is 3.86. The molecule has 0 aliphatic heterocycles. The molecule has 1 saturated carbocycles. The van der Waals surface area contributed by atoms with E-state index in [0.29, 0.717) is 12.8 Å². The molecule has 0 amide bonds. The fourth-order valence-corrected chi connectivity index (χ4v) is 1.89. The number of carboxylic acid groups (broad SMARTS) is 1. The summed E-state index contributed by atoms with van der Waals surface area (Å²) >= 11 is 0. The van der Waals surface area contributed by atoms with Crippen LogP contribution in [0, 0.1) is 0 Å². The molecule has 4 heteroatoms. The third-order valence-corrected chi connectivity index (χ3v) is 2.80. The van der Waals surface area contributed by atoms with Crippen LogP contribution < -0.4 is 0 Å². The van der Waals surface area contributed by atoms with Gasteiger partial charge in [0.25, 0.3) is 0 Å². The van der Waals surface area contributed by atoms with Gasteiger partial charge in [0, 0.05) is 0 Å². The number of hydrogen-bond acceptors (Lipinski definition) is 3. The smallest absolute Gasteiger partial charge is 0.332 e. The van der Waals surface area contributed by atoms with Crippen LogP contribution in [0.4, 0.5) is 0 Å². The Morgan fingerprint density at radius 3 is 2.21 bits per heavy atom. The number of aliphatic carboxylic acids is 1. The highest BCUT2D eigenvalue weighted by atomic mass is 16.5. The maximum absolute atomic E-state index is 11.4. The molecule has 1 rings (SSSR count). The largest absolute Gasteiger partial charge is 0.479 e. The number of carbonyl (C=O) groups excluding carboxylic acids is 1. The molecule has 0 aromatic rings. The lowest BCUT2D eigenvalue weighted by Crippen LogP contribution is -2.42. The maximum Gasteiger partial charge on any atom is 0.332 e. The molecule has 14 heavy (non-hydrogen) atoms. The fourth-order valence-electron chi connectivity index (χ4n) is 1.89. The number of ketones is 1. The Morgan fingerprint density at radius 2 is 1.86 bits per heavy atom. The first-order chi connectivity index (χ1) is 6.48. The SMILES string of the molecule is CC(=O)C1(OC(C)C(=O)O)CCCC1. The third-order valence-electron chi connectivity index (χ3n) is 2.80. The molecule has 80 valence electrons. The van der Waals surface area contributed by atoms with Crippen LogP contribution in [0.2, 0.25) is 0 Å². The van der Waals surface area contributed by atoms with Gasteiger partial charge in [0.2, 0.25) is 0 Å². The van der Waals surface area contributed by atoms with Crippen molar-refractivity contribution >= 4 is 11.8 Å². The molecule has 1 unspecified atom stereocenters. The minimum Gasteiger partial charge on any atom is -0.479 e. The second-order valence-electron chi connectivity index (χ2n) is 3.86. The molecular weight excluding hydrogens is 184 g/mol. The van der Waals surface area contributed by atoms with Gasteiger partial charge < -0.3 is 9.84 Å². The van der Waals surface area contributed by atoms with E-state index >= 15 is 0 Å². The van der Waals surface area contributed by atoms with Gasteiger partial charge in [-0.1, -0.05) is 0 Å². The zero-order valence-corrected chi connectivity index (χ0v) is 8.58. The van der Waals surface area contributed by atoms with Gasteiger partial charge in [-0.25, -0.2) is 4.79 Å². The van der Waals surface area contributed by atoms with Crippen LogP contribution >= 0.6 is 0 Å². The minimum atomic E-state index is -1.02. The van der Waals surface area contributed by atoms with E-state index in [1.807, 2.05) is 0 Å². The molecule has 0 spiro atoms. The lowest BCUT2D eigenvalue weighted by Gasteiger charge is -2.28. The molecular formula is C10H16O4. The van der Waals surface area contributed by atoms with Gasteiger partial charge in [-0.3, -0.25) is 4.79 Å². The lowest BCUT2D eigenvalue weighted by atomic mass is 9.97. The average molecular weight is 200 g/mol. The first-order valence-electron chi connectivity index (χ1n) is 4.89. The summed E-state index contributed by atoms with van der Waals surface area (Å²) in [7, 11) is 0.